The van der Waals surface area contributed by atoms with Crippen molar-refractivity contribution < 1.29 is 9.90 Å². The monoisotopic (exact) mass is 427 g/mol. The Balaban J connectivity index is 1.53. The molecule has 0 aliphatic carbocycles. The van der Waals surface area contributed by atoms with E-state index in [0.29, 0.717) is 42.8 Å². The lowest BCUT2D eigenvalue weighted by molar-refractivity contribution is 0.0288. The molecule has 3 heterocycles. The van der Waals surface area contributed by atoms with Crippen LogP contribution in [0.5, 0.6) is 0 Å². The average Bonchev–Trinajstić information content (AvgIpc) is 3.20. The molecule has 0 bridgehead atoms. The number of nitrogens with zero attached hydrogens (tertiary/aromatic N) is 3. The van der Waals surface area contributed by atoms with Gasteiger partial charge >= 0.3 is 0 Å². The summed E-state index contributed by atoms with van der Waals surface area (Å²) in [4.78, 5) is 18.0. The second kappa shape index (κ2) is 8.53. The van der Waals surface area contributed by atoms with Gasteiger partial charge in [0.15, 0.2) is 11.3 Å². The maximum atomic E-state index is 13.6. The zero-order valence-electron chi connectivity index (χ0n) is 17.6. The van der Waals surface area contributed by atoms with E-state index in [-0.39, 0.29) is 5.91 Å². The molecule has 1 amide bonds. The molecular weight excluding hydrogens is 402 g/mol. The van der Waals surface area contributed by atoms with Gasteiger partial charge < -0.3 is 15.7 Å². The van der Waals surface area contributed by atoms with E-state index in [2.05, 4.69) is 20.7 Å². The van der Waals surface area contributed by atoms with Crippen LogP contribution in [0.1, 0.15) is 28.0 Å². The first-order chi connectivity index (χ1) is 15.7. The Hall–Kier alpha value is -3.55. The van der Waals surface area contributed by atoms with Gasteiger partial charge in [0.1, 0.15) is 0 Å². The number of carbonyl (C=O) groups excluding carboxylic acids is 1. The van der Waals surface area contributed by atoms with Gasteiger partial charge in [-0.15, -0.1) is 0 Å². The second-order valence-corrected chi connectivity index (χ2v) is 8.13. The molecule has 7 nitrogen and oxygen atoms in total. The predicted octanol–water partition coefficient (Wildman–Crippen LogP) is 2.46. The Morgan fingerprint density at radius 1 is 1.09 bits per heavy atom. The molecule has 5 rings (SSSR count). The maximum absolute atomic E-state index is 13.6. The van der Waals surface area contributed by atoms with Crippen LogP contribution >= 0.6 is 0 Å². The van der Waals surface area contributed by atoms with E-state index < -0.39 is 11.6 Å². The Bertz CT molecular complexity index is 1230. The van der Waals surface area contributed by atoms with Crippen molar-refractivity contribution in [1.29, 1.82) is 0 Å². The fourth-order valence-electron chi connectivity index (χ4n) is 4.46. The summed E-state index contributed by atoms with van der Waals surface area (Å²) >= 11 is 0. The first kappa shape index (κ1) is 20.4. The summed E-state index contributed by atoms with van der Waals surface area (Å²) in [5.41, 5.74) is 2.03. The number of rotatable bonds is 5. The third-order valence-electron chi connectivity index (χ3n) is 6.13. The summed E-state index contributed by atoms with van der Waals surface area (Å²) in [5, 5.41) is 22.7. The highest BCUT2D eigenvalue weighted by molar-refractivity contribution is 6.04. The van der Waals surface area contributed by atoms with Crippen LogP contribution in [0.2, 0.25) is 0 Å². The second-order valence-electron chi connectivity index (χ2n) is 8.13. The molecule has 2 aromatic carbocycles. The summed E-state index contributed by atoms with van der Waals surface area (Å²) in [7, 11) is 0. The molecule has 4 aromatic rings. The highest BCUT2D eigenvalue weighted by Crippen LogP contribution is 2.32. The molecule has 1 aliphatic heterocycles. The van der Waals surface area contributed by atoms with E-state index in [1.165, 1.54) is 0 Å². The molecule has 0 unspecified atom stereocenters. The van der Waals surface area contributed by atoms with Gasteiger partial charge in [-0.1, -0.05) is 60.7 Å². The lowest BCUT2D eigenvalue weighted by Crippen LogP contribution is -2.61. The minimum atomic E-state index is -0.888. The molecule has 3 N–H and O–H groups in total. The maximum Gasteiger partial charge on any atom is 0.273 e. The number of aliphatic hydroxyl groups excluding tert-OH is 1. The van der Waals surface area contributed by atoms with Crippen molar-refractivity contribution in [2.24, 2.45) is 0 Å². The van der Waals surface area contributed by atoms with Crippen molar-refractivity contribution in [2.75, 3.05) is 13.1 Å². The topological polar surface area (TPSA) is 92.1 Å². The largest absolute Gasteiger partial charge is 0.389 e. The minimum absolute atomic E-state index is 0.310. The van der Waals surface area contributed by atoms with Crippen LogP contribution in [0.4, 0.5) is 0 Å². The van der Waals surface area contributed by atoms with Crippen LogP contribution in [0.25, 0.3) is 11.0 Å². The Morgan fingerprint density at radius 3 is 2.59 bits per heavy atom. The van der Waals surface area contributed by atoms with Crippen LogP contribution < -0.4 is 10.6 Å². The van der Waals surface area contributed by atoms with Crippen molar-refractivity contribution in [2.45, 2.75) is 24.6 Å². The molecule has 2 aromatic heterocycles. The number of pyridine rings is 1. The number of amides is 1. The number of piperidine rings is 1. The highest BCUT2D eigenvalue weighted by atomic mass is 16.3. The summed E-state index contributed by atoms with van der Waals surface area (Å²) < 4.78 is 1.76. The molecule has 1 aliphatic rings. The molecule has 162 valence electrons. The first-order valence-electron chi connectivity index (χ1n) is 10.8. The van der Waals surface area contributed by atoms with Crippen molar-refractivity contribution in [3.63, 3.8) is 0 Å². The smallest absolute Gasteiger partial charge is 0.273 e. The Morgan fingerprint density at radius 2 is 1.84 bits per heavy atom. The third kappa shape index (κ3) is 3.66. The summed E-state index contributed by atoms with van der Waals surface area (Å²) in [6.07, 6.45) is 1.51. The number of aliphatic hydroxyl groups is 1. The van der Waals surface area contributed by atoms with Gasteiger partial charge in [0.25, 0.3) is 5.91 Å². The lowest BCUT2D eigenvalue weighted by Gasteiger charge is -2.42. The van der Waals surface area contributed by atoms with Gasteiger partial charge in [-0.05, 0) is 36.2 Å². The van der Waals surface area contributed by atoms with E-state index in [1.807, 2.05) is 66.7 Å². The number of aromatic nitrogens is 3. The fourth-order valence-corrected chi connectivity index (χ4v) is 4.46. The van der Waals surface area contributed by atoms with Gasteiger partial charge in [0.05, 0.1) is 23.6 Å². The number of carbonyl (C=O) groups is 1. The Labute approximate surface area is 186 Å². The number of hydrogen-bond acceptors (Lipinski definition) is 5. The Kier molecular flexibility index (Phi) is 5.43. The number of nitrogens with one attached hydrogen (secondary N) is 2. The van der Waals surface area contributed by atoms with Crippen LogP contribution in [-0.4, -0.2) is 45.0 Å². The van der Waals surface area contributed by atoms with Crippen molar-refractivity contribution in [3.05, 3.63) is 95.8 Å². The number of hydrogen-bond donors (Lipinski definition) is 3. The van der Waals surface area contributed by atoms with Gasteiger partial charge in [-0.2, -0.15) is 5.10 Å². The summed E-state index contributed by atoms with van der Waals surface area (Å²) in [6, 6.07) is 23.3. The van der Waals surface area contributed by atoms with Gasteiger partial charge in [-0.25, -0.2) is 9.67 Å². The standard InChI is InChI=1S/C25H25N5O2/c31-21-16-26-15-13-25(21,19-10-5-2-6-11-19)28-24(32)22-20-12-7-14-27-23(20)30(29-22)17-18-8-3-1-4-9-18/h1-12,14,21,26,31H,13,15-17H2,(H,28,32)/t21-,25-/m1/s1. The zero-order chi connectivity index (χ0) is 22.0. The number of benzene rings is 2. The molecule has 0 radical (unpaired) electrons. The first-order valence-corrected chi connectivity index (χ1v) is 10.8. The van der Waals surface area contributed by atoms with Crippen molar-refractivity contribution in [1.82, 2.24) is 25.4 Å². The van der Waals surface area contributed by atoms with Crippen LogP contribution in [0.15, 0.2) is 79.0 Å². The van der Waals surface area contributed by atoms with Gasteiger partial charge in [0, 0.05) is 12.7 Å². The minimum Gasteiger partial charge on any atom is -0.389 e. The molecule has 32 heavy (non-hydrogen) atoms. The molecule has 7 heteroatoms. The molecule has 0 saturated carbocycles. The van der Waals surface area contributed by atoms with Crippen LogP contribution in [0, 0.1) is 0 Å². The molecule has 0 spiro atoms. The number of β-amino-alcohol motifs (C(OH)–C–C–N with tert-alkyl or cyclic N) is 1. The van der Waals surface area contributed by atoms with E-state index in [0.717, 1.165) is 11.1 Å². The van der Waals surface area contributed by atoms with Gasteiger partial charge in [-0.3, -0.25) is 4.79 Å². The van der Waals surface area contributed by atoms with Crippen LogP contribution in [0.3, 0.4) is 0 Å². The third-order valence-corrected chi connectivity index (χ3v) is 6.13. The molecule has 1 saturated heterocycles. The van der Waals surface area contributed by atoms with E-state index in [9.17, 15) is 9.90 Å². The fraction of sp³-hybridized carbons (Fsp3) is 0.240. The van der Waals surface area contributed by atoms with Gasteiger partial charge in [0.2, 0.25) is 0 Å². The normalized spacial score (nSPS) is 20.8. The summed E-state index contributed by atoms with van der Waals surface area (Å²) in [5.74, 6) is -0.320. The number of fused-ring (bicyclic) bond motifs is 1. The molecular formula is C25H25N5O2. The highest BCUT2D eigenvalue weighted by Gasteiger charge is 2.43. The zero-order valence-corrected chi connectivity index (χ0v) is 17.6. The predicted molar refractivity (Wildman–Crippen MR) is 122 cm³/mol. The van der Waals surface area contributed by atoms with Crippen LogP contribution in [-0.2, 0) is 12.1 Å². The quantitative estimate of drug-likeness (QED) is 0.455. The van der Waals surface area contributed by atoms with E-state index in [1.54, 1.807) is 16.9 Å². The van der Waals surface area contributed by atoms with Crippen molar-refractivity contribution >= 4 is 16.9 Å². The SMILES string of the molecule is O=C(N[C@@]1(c2ccccc2)CCNC[C@H]1O)c1nn(Cc2ccccc2)c2ncccc12. The molecule has 2 atom stereocenters. The average molecular weight is 428 g/mol. The van der Waals surface area contributed by atoms with E-state index in [4.69, 9.17) is 0 Å². The van der Waals surface area contributed by atoms with E-state index >= 15 is 0 Å². The lowest BCUT2D eigenvalue weighted by atomic mass is 9.79. The summed E-state index contributed by atoms with van der Waals surface area (Å²) in [6.45, 7) is 1.61. The van der Waals surface area contributed by atoms with Crippen molar-refractivity contribution in [3.8, 4) is 0 Å². The molecule has 1 fully saturated rings.